The summed E-state index contributed by atoms with van der Waals surface area (Å²) in [6.45, 7) is 3.23. The molecule has 1 saturated heterocycles. The van der Waals surface area contributed by atoms with Crippen LogP contribution in [0.3, 0.4) is 0 Å². The van der Waals surface area contributed by atoms with Crippen LogP contribution in [-0.2, 0) is 0 Å². The number of halogens is 1. The molecule has 168 valence electrons. The fourth-order valence-corrected chi connectivity index (χ4v) is 4.20. The first kappa shape index (κ1) is 21.0. The number of benzene rings is 1. The summed E-state index contributed by atoms with van der Waals surface area (Å²) < 4.78 is 6.46. The minimum atomic E-state index is 0.0211. The zero-order chi connectivity index (χ0) is 22.2. The largest absolute Gasteiger partial charge is 0.495 e. The molecule has 2 fully saturated rings. The molecule has 0 unspecified atom stereocenters. The van der Waals surface area contributed by atoms with Crippen molar-refractivity contribution in [3.63, 3.8) is 0 Å². The minimum Gasteiger partial charge on any atom is -0.495 e. The molecule has 2 aromatic heterocycles. The number of anilines is 3. The van der Waals surface area contributed by atoms with Gasteiger partial charge in [-0.05, 0) is 54.0 Å². The van der Waals surface area contributed by atoms with Gasteiger partial charge in [0.05, 0.1) is 17.3 Å². The zero-order valence-corrected chi connectivity index (χ0v) is 19.7. The van der Waals surface area contributed by atoms with Crippen LogP contribution < -0.4 is 15.4 Å². The molecule has 3 N–H and O–H groups in total. The van der Waals surface area contributed by atoms with Gasteiger partial charge in [0, 0.05) is 44.0 Å². The number of piperazine rings is 1. The molecule has 3 aromatic rings. The second-order valence-corrected chi connectivity index (χ2v) is 9.16. The number of likely N-dealkylation sites (N-methyl/N-ethyl adjacent to an activating group) is 1. The van der Waals surface area contributed by atoms with Gasteiger partial charge in [-0.15, -0.1) is 0 Å². The third kappa shape index (κ3) is 4.24. The van der Waals surface area contributed by atoms with Crippen LogP contribution in [0, 0.1) is 0 Å². The molecule has 1 saturated carbocycles. The highest BCUT2D eigenvalue weighted by Gasteiger charge is 2.24. The SMILES string of the molecule is COc1cc(C(=O)N2CCN(C)CC2)ccc1Nc1nc(NC2CC2)c2[nH]cc(Br)c2n1. The number of hydrogen-bond acceptors (Lipinski definition) is 7. The van der Waals surface area contributed by atoms with E-state index < -0.39 is 0 Å². The molecule has 10 heteroatoms. The highest BCUT2D eigenvalue weighted by molar-refractivity contribution is 9.10. The molecule has 5 rings (SSSR count). The topological polar surface area (TPSA) is 98.4 Å². The minimum absolute atomic E-state index is 0.0211. The van der Waals surface area contributed by atoms with Gasteiger partial charge < -0.3 is 30.2 Å². The molecule has 0 radical (unpaired) electrons. The Hall–Kier alpha value is -2.85. The maximum Gasteiger partial charge on any atom is 0.254 e. The van der Waals surface area contributed by atoms with Crippen LogP contribution in [-0.4, -0.2) is 77.0 Å². The van der Waals surface area contributed by atoms with Gasteiger partial charge in [-0.25, -0.2) is 4.98 Å². The number of ether oxygens (including phenoxy) is 1. The number of amides is 1. The Balaban J connectivity index is 1.41. The van der Waals surface area contributed by atoms with Crippen molar-refractivity contribution in [2.75, 3.05) is 51.0 Å². The van der Waals surface area contributed by atoms with Crippen LogP contribution in [0.15, 0.2) is 28.9 Å². The average Bonchev–Trinajstić information content (AvgIpc) is 3.54. The first-order valence-electron chi connectivity index (χ1n) is 10.8. The molecule has 3 heterocycles. The molecular weight excluding hydrogens is 474 g/mol. The molecule has 1 aliphatic carbocycles. The summed E-state index contributed by atoms with van der Waals surface area (Å²) in [6.07, 6.45) is 4.15. The predicted molar refractivity (Wildman–Crippen MR) is 128 cm³/mol. The average molecular weight is 500 g/mol. The number of nitrogens with zero attached hydrogens (tertiary/aromatic N) is 4. The number of carbonyl (C=O) groups is 1. The van der Waals surface area contributed by atoms with Gasteiger partial charge in [-0.3, -0.25) is 4.79 Å². The first-order valence-corrected chi connectivity index (χ1v) is 11.5. The summed E-state index contributed by atoms with van der Waals surface area (Å²) in [4.78, 5) is 29.6. The van der Waals surface area contributed by atoms with E-state index in [9.17, 15) is 4.79 Å². The maximum absolute atomic E-state index is 12.9. The second kappa shape index (κ2) is 8.59. The summed E-state index contributed by atoms with van der Waals surface area (Å²) in [5, 5.41) is 6.73. The lowest BCUT2D eigenvalue weighted by Crippen LogP contribution is -2.47. The number of H-pyrrole nitrogens is 1. The Kier molecular flexibility index (Phi) is 5.64. The van der Waals surface area contributed by atoms with Crippen LogP contribution in [0.2, 0.25) is 0 Å². The number of aromatic nitrogens is 3. The summed E-state index contributed by atoms with van der Waals surface area (Å²) in [5.41, 5.74) is 2.98. The van der Waals surface area contributed by atoms with E-state index in [1.54, 1.807) is 13.2 Å². The lowest BCUT2D eigenvalue weighted by atomic mass is 10.1. The lowest BCUT2D eigenvalue weighted by molar-refractivity contribution is 0.0664. The smallest absolute Gasteiger partial charge is 0.254 e. The zero-order valence-electron chi connectivity index (χ0n) is 18.1. The van der Waals surface area contributed by atoms with Crippen LogP contribution in [0.4, 0.5) is 17.5 Å². The standard InChI is InChI=1S/C22H26BrN7O2/c1-29-7-9-30(10-8-29)21(31)13-3-6-16(17(11-13)32-2)26-22-27-18-15(23)12-24-19(18)20(28-22)25-14-4-5-14/h3,6,11-12,14,24H,4-5,7-10H2,1-2H3,(H2,25,26,27,28). The quantitative estimate of drug-likeness (QED) is 0.477. The van der Waals surface area contributed by atoms with Crippen molar-refractivity contribution in [3.8, 4) is 5.75 Å². The number of fused-ring (bicyclic) bond motifs is 1. The third-order valence-electron chi connectivity index (χ3n) is 5.88. The van der Waals surface area contributed by atoms with Gasteiger partial charge in [0.25, 0.3) is 5.91 Å². The second-order valence-electron chi connectivity index (χ2n) is 8.31. The van der Waals surface area contributed by atoms with Gasteiger partial charge in [-0.1, -0.05) is 0 Å². The number of methoxy groups -OCH3 is 1. The van der Waals surface area contributed by atoms with Crippen LogP contribution in [0.25, 0.3) is 11.0 Å². The number of carbonyl (C=O) groups excluding carboxylic acids is 1. The summed E-state index contributed by atoms with van der Waals surface area (Å²) in [5.74, 6) is 1.82. The van der Waals surface area contributed by atoms with E-state index in [1.807, 2.05) is 23.2 Å². The Morgan fingerprint density at radius 2 is 2.00 bits per heavy atom. The first-order chi connectivity index (χ1) is 15.5. The Labute approximate surface area is 194 Å². The third-order valence-corrected chi connectivity index (χ3v) is 6.49. The summed E-state index contributed by atoms with van der Waals surface area (Å²) in [6, 6.07) is 5.89. The molecule has 1 aliphatic heterocycles. The number of hydrogen-bond donors (Lipinski definition) is 3. The maximum atomic E-state index is 12.9. The summed E-state index contributed by atoms with van der Waals surface area (Å²) in [7, 11) is 3.67. The summed E-state index contributed by atoms with van der Waals surface area (Å²) >= 11 is 3.55. The van der Waals surface area contributed by atoms with Gasteiger partial charge in [0.15, 0.2) is 5.82 Å². The highest BCUT2D eigenvalue weighted by Crippen LogP contribution is 2.33. The van der Waals surface area contributed by atoms with Gasteiger partial charge in [0.2, 0.25) is 5.95 Å². The van der Waals surface area contributed by atoms with E-state index in [2.05, 4.69) is 53.5 Å². The van der Waals surface area contributed by atoms with E-state index in [-0.39, 0.29) is 5.91 Å². The molecular formula is C22H26BrN7O2. The van der Waals surface area contributed by atoms with E-state index in [4.69, 9.17) is 4.74 Å². The molecule has 32 heavy (non-hydrogen) atoms. The predicted octanol–water partition coefficient (Wildman–Crippen LogP) is 3.43. The molecule has 2 aliphatic rings. The molecule has 1 amide bonds. The molecule has 0 atom stereocenters. The van der Waals surface area contributed by atoms with Crippen LogP contribution >= 0.6 is 15.9 Å². The van der Waals surface area contributed by atoms with Crippen LogP contribution in [0.5, 0.6) is 5.75 Å². The Morgan fingerprint density at radius 3 is 2.72 bits per heavy atom. The van der Waals surface area contributed by atoms with Crippen molar-refractivity contribution in [3.05, 3.63) is 34.4 Å². The van der Waals surface area contributed by atoms with Crippen molar-refractivity contribution in [2.45, 2.75) is 18.9 Å². The van der Waals surface area contributed by atoms with Gasteiger partial charge in [-0.2, -0.15) is 4.98 Å². The fourth-order valence-electron chi connectivity index (χ4n) is 3.80. The normalized spacial score (nSPS) is 16.9. The fraction of sp³-hybridized carbons (Fsp3) is 0.409. The van der Waals surface area contributed by atoms with Crippen LogP contribution in [0.1, 0.15) is 23.2 Å². The van der Waals surface area contributed by atoms with Crippen molar-refractivity contribution < 1.29 is 9.53 Å². The number of aromatic amines is 1. The molecule has 1 aromatic carbocycles. The number of rotatable bonds is 6. The van der Waals surface area contributed by atoms with Gasteiger partial charge >= 0.3 is 0 Å². The van der Waals surface area contributed by atoms with E-state index in [0.717, 1.165) is 60.3 Å². The van der Waals surface area contributed by atoms with E-state index >= 15 is 0 Å². The Bertz CT molecular complexity index is 1150. The van der Waals surface area contributed by atoms with Crippen molar-refractivity contribution in [1.82, 2.24) is 24.8 Å². The van der Waals surface area contributed by atoms with Crippen molar-refractivity contribution in [2.24, 2.45) is 0 Å². The van der Waals surface area contributed by atoms with Gasteiger partial charge in [0.1, 0.15) is 16.8 Å². The monoisotopic (exact) mass is 499 g/mol. The highest BCUT2D eigenvalue weighted by atomic mass is 79.9. The molecule has 0 bridgehead atoms. The lowest BCUT2D eigenvalue weighted by Gasteiger charge is -2.32. The van der Waals surface area contributed by atoms with E-state index in [1.165, 1.54) is 0 Å². The Morgan fingerprint density at radius 1 is 1.22 bits per heavy atom. The molecule has 9 nitrogen and oxygen atoms in total. The molecule has 0 spiro atoms. The van der Waals surface area contributed by atoms with Crippen molar-refractivity contribution in [1.29, 1.82) is 0 Å². The number of nitrogens with one attached hydrogen (secondary N) is 3. The van der Waals surface area contributed by atoms with E-state index in [0.29, 0.717) is 29.0 Å². The van der Waals surface area contributed by atoms with Crippen molar-refractivity contribution >= 4 is 50.3 Å².